The third-order valence-corrected chi connectivity index (χ3v) is 5.52. The molecule has 1 saturated heterocycles. The number of likely N-dealkylation sites (tertiary alicyclic amines) is 1. The Hall–Kier alpha value is -2.74. The van der Waals surface area contributed by atoms with Crippen LogP contribution in [0.3, 0.4) is 0 Å². The van der Waals surface area contributed by atoms with E-state index in [-0.39, 0.29) is 24.8 Å². The number of piperidine rings is 1. The minimum atomic E-state index is -0.606. The summed E-state index contributed by atoms with van der Waals surface area (Å²) in [5.74, 6) is -0.199. The second-order valence-corrected chi connectivity index (χ2v) is 7.49. The first-order valence-electron chi connectivity index (χ1n) is 8.77. The molecule has 8 heteroatoms. The van der Waals surface area contributed by atoms with Crippen molar-refractivity contribution in [3.8, 4) is 5.75 Å². The number of carbonyl (C=O) groups excluding carboxylic acids is 2. The molecule has 1 unspecified atom stereocenters. The van der Waals surface area contributed by atoms with E-state index in [0.717, 1.165) is 5.56 Å². The van der Waals surface area contributed by atoms with Crippen LogP contribution < -0.4 is 4.74 Å². The molecule has 0 spiro atoms. The maximum Gasteiger partial charge on any atom is 0.254 e. The summed E-state index contributed by atoms with van der Waals surface area (Å²) in [6, 6.07) is 9.60. The predicted molar refractivity (Wildman–Crippen MR) is 104 cm³/mol. The van der Waals surface area contributed by atoms with Crippen LogP contribution in [-0.4, -0.2) is 33.6 Å². The number of rotatable bonds is 4. The highest BCUT2D eigenvalue weighted by Crippen LogP contribution is 2.30. The first kappa shape index (κ1) is 18.6. The lowest BCUT2D eigenvalue weighted by Crippen LogP contribution is -2.45. The van der Waals surface area contributed by atoms with Crippen LogP contribution in [0.2, 0.25) is 0 Å². The number of amides is 2. The Labute approximate surface area is 169 Å². The van der Waals surface area contributed by atoms with E-state index in [0.29, 0.717) is 27.5 Å². The van der Waals surface area contributed by atoms with Gasteiger partial charge < -0.3 is 4.74 Å². The Morgan fingerprint density at radius 1 is 1.25 bits per heavy atom. The Morgan fingerprint density at radius 3 is 2.71 bits per heavy atom. The standard InChI is InChI=1S/C20H17BrFN3O3/c1-28-14-4-2-12(3-5-14)11-24-19(26)7-6-17(20(24)27)25-18-9-15(21)16(22)8-13(18)10-23-25/h2-5,8-10,17H,6-7,11H2,1H3. The summed E-state index contributed by atoms with van der Waals surface area (Å²) in [7, 11) is 1.58. The van der Waals surface area contributed by atoms with Crippen molar-refractivity contribution >= 4 is 38.6 Å². The molecule has 2 heterocycles. The predicted octanol–water partition coefficient (Wildman–Crippen LogP) is 3.84. The van der Waals surface area contributed by atoms with Gasteiger partial charge in [-0.3, -0.25) is 19.2 Å². The number of halogens is 2. The molecule has 6 nitrogen and oxygen atoms in total. The zero-order valence-corrected chi connectivity index (χ0v) is 16.6. The van der Waals surface area contributed by atoms with Gasteiger partial charge in [-0.25, -0.2) is 4.39 Å². The molecule has 2 aromatic carbocycles. The van der Waals surface area contributed by atoms with Gasteiger partial charge >= 0.3 is 0 Å². The highest BCUT2D eigenvalue weighted by atomic mass is 79.9. The van der Waals surface area contributed by atoms with Crippen LogP contribution in [0, 0.1) is 5.82 Å². The van der Waals surface area contributed by atoms with Gasteiger partial charge in [-0.05, 0) is 52.2 Å². The molecule has 3 aromatic rings. The van der Waals surface area contributed by atoms with Gasteiger partial charge in [0.25, 0.3) is 5.91 Å². The molecule has 28 heavy (non-hydrogen) atoms. The lowest BCUT2D eigenvalue weighted by Gasteiger charge is -2.31. The zero-order chi connectivity index (χ0) is 19.8. The van der Waals surface area contributed by atoms with Gasteiger partial charge in [0.2, 0.25) is 5.91 Å². The molecule has 0 N–H and O–H groups in total. The summed E-state index contributed by atoms with van der Waals surface area (Å²) in [6.07, 6.45) is 2.14. The third-order valence-electron chi connectivity index (χ3n) is 4.92. The van der Waals surface area contributed by atoms with Crippen LogP contribution in [0.15, 0.2) is 47.1 Å². The van der Waals surface area contributed by atoms with Crippen LogP contribution >= 0.6 is 15.9 Å². The molecule has 1 atom stereocenters. The van der Waals surface area contributed by atoms with Gasteiger partial charge in [0.15, 0.2) is 0 Å². The second-order valence-electron chi connectivity index (χ2n) is 6.63. The molecule has 0 aliphatic carbocycles. The van der Waals surface area contributed by atoms with Crippen molar-refractivity contribution in [1.82, 2.24) is 14.7 Å². The van der Waals surface area contributed by atoms with E-state index in [1.165, 1.54) is 17.2 Å². The number of fused-ring (bicyclic) bond motifs is 1. The molecule has 0 bridgehead atoms. The molecule has 2 amide bonds. The molecule has 1 fully saturated rings. The Kier molecular flexibility index (Phi) is 4.89. The summed E-state index contributed by atoms with van der Waals surface area (Å²) in [5, 5.41) is 4.90. The number of methoxy groups -OCH3 is 1. The number of imide groups is 1. The van der Waals surface area contributed by atoms with Crippen LogP contribution in [0.25, 0.3) is 10.9 Å². The molecular formula is C20H17BrFN3O3. The Morgan fingerprint density at radius 2 is 2.00 bits per heavy atom. The van der Waals surface area contributed by atoms with Gasteiger partial charge in [-0.15, -0.1) is 0 Å². The third kappa shape index (κ3) is 3.28. The van der Waals surface area contributed by atoms with Gasteiger partial charge in [0.05, 0.1) is 29.8 Å². The van der Waals surface area contributed by atoms with Crippen LogP contribution in [-0.2, 0) is 16.1 Å². The van der Waals surface area contributed by atoms with Crippen molar-refractivity contribution in [2.45, 2.75) is 25.4 Å². The largest absolute Gasteiger partial charge is 0.497 e. The van der Waals surface area contributed by atoms with Crippen LogP contribution in [0.5, 0.6) is 5.75 Å². The molecule has 0 radical (unpaired) electrons. The molecule has 1 aliphatic heterocycles. The smallest absolute Gasteiger partial charge is 0.254 e. The average Bonchev–Trinajstić information content (AvgIpc) is 3.08. The van der Waals surface area contributed by atoms with E-state index in [2.05, 4.69) is 21.0 Å². The lowest BCUT2D eigenvalue weighted by molar-refractivity contribution is -0.152. The monoisotopic (exact) mass is 445 g/mol. The fourth-order valence-electron chi connectivity index (χ4n) is 3.42. The molecule has 1 aliphatic rings. The number of benzene rings is 2. The Balaban J connectivity index is 1.63. The summed E-state index contributed by atoms with van der Waals surface area (Å²) in [6.45, 7) is 0.190. The fraction of sp³-hybridized carbons (Fsp3) is 0.250. The number of nitrogens with zero attached hydrogens (tertiary/aromatic N) is 3. The van der Waals surface area contributed by atoms with E-state index >= 15 is 0 Å². The lowest BCUT2D eigenvalue weighted by atomic mass is 10.0. The van der Waals surface area contributed by atoms with Crippen LogP contribution in [0.1, 0.15) is 24.4 Å². The van der Waals surface area contributed by atoms with Crippen molar-refractivity contribution in [2.24, 2.45) is 0 Å². The summed E-state index contributed by atoms with van der Waals surface area (Å²) in [4.78, 5) is 26.8. The van der Waals surface area contributed by atoms with E-state index in [4.69, 9.17) is 4.74 Å². The number of carbonyl (C=O) groups is 2. The van der Waals surface area contributed by atoms with E-state index in [9.17, 15) is 14.0 Å². The normalized spacial score (nSPS) is 17.4. The number of hydrogen-bond donors (Lipinski definition) is 0. The summed E-state index contributed by atoms with van der Waals surface area (Å²) in [5.41, 5.74) is 1.48. The van der Waals surface area contributed by atoms with E-state index < -0.39 is 11.9 Å². The highest BCUT2D eigenvalue weighted by Gasteiger charge is 2.36. The fourth-order valence-corrected chi connectivity index (χ4v) is 3.75. The SMILES string of the molecule is COc1ccc(CN2C(=O)CCC(n3ncc4cc(F)c(Br)cc43)C2=O)cc1. The molecule has 4 rings (SSSR count). The van der Waals surface area contributed by atoms with E-state index in [1.54, 1.807) is 30.0 Å². The average molecular weight is 446 g/mol. The minimum absolute atomic E-state index is 0.190. The molecular weight excluding hydrogens is 429 g/mol. The number of aromatic nitrogens is 2. The molecule has 1 aromatic heterocycles. The topological polar surface area (TPSA) is 64.4 Å². The van der Waals surface area contributed by atoms with Gasteiger partial charge in [-0.1, -0.05) is 12.1 Å². The van der Waals surface area contributed by atoms with Crippen molar-refractivity contribution in [2.75, 3.05) is 7.11 Å². The molecule has 0 saturated carbocycles. The second kappa shape index (κ2) is 7.35. The minimum Gasteiger partial charge on any atom is -0.497 e. The highest BCUT2D eigenvalue weighted by molar-refractivity contribution is 9.10. The van der Waals surface area contributed by atoms with Crippen molar-refractivity contribution < 1.29 is 18.7 Å². The van der Waals surface area contributed by atoms with Crippen LogP contribution in [0.4, 0.5) is 4.39 Å². The quantitative estimate of drug-likeness (QED) is 0.572. The van der Waals surface area contributed by atoms with Gasteiger partial charge in [0.1, 0.15) is 17.6 Å². The maximum absolute atomic E-state index is 13.8. The first-order valence-corrected chi connectivity index (χ1v) is 9.56. The first-order chi connectivity index (χ1) is 13.5. The number of hydrogen-bond acceptors (Lipinski definition) is 4. The Bertz CT molecular complexity index is 1060. The van der Waals surface area contributed by atoms with Gasteiger partial charge in [-0.2, -0.15) is 5.10 Å². The summed E-state index contributed by atoms with van der Waals surface area (Å²) >= 11 is 3.18. The number of ether oxygens (including phenoxy) is 1. The summed E-state index contributed by atoms with van der Waals surface area (Å²) < 4.78 is 20.8. The van der Waals surface area contributed by atoms with Crippen molar-refractivity contribution in [1.29, 1.82) is 0 Å². The van der Waals surface area contributed by atoms with E-state index in [1.807, 2.05) is 12.1 Å². The van der Waals surface area contributed by atoms with Crippen molar-refractivity contribution in [3.63, 3.8) is 0 Å². The molecule has 144 valence electrons. The van der Waals surface area contributed by atoms with Crippen molar-refractivity contribution in [3.05, 3.63) is 58.4 Å². The zero-order valence-electron chi connectivity index (χ0n) is 15.1. The van der Waals surface area contributed by atoms with Gasteiger partial charge in [0, 0.05) is 11.8 Å². The maximum atomic E-state index is 13.8.